The Balaban J connectivity index is 3.75. The van der Waals surface area contributed by atoms with E-state index in [-0.39, 0.29) is 0 Å². The average molecular weight is 519 g/mol. The molecule has 1 nitrogen and oxygen atoms in total. The monoisotopic (exact) mass is 514 g/mol. The lowest BCUT2D eigenvalue weighted by Gasteiger charge is -2.20. The first-order valence-corrected chi connectivity index (χ1v) is 6.30. The standard InChI is InChI=1S/C2Br6O/c3-1(4,5)9-2(6,7)8. The number of ether oxygens (including phenoxy) is 1. The maximum absolute atomic E-state index is 5.12. The zero-order valence-corrected chi connectivity index (χ0v) is 13.2. The van der Waals surface area contributed by atoms with E-state index in [9.17, 15) is 0 Å². The summed E-state index contributed by atoms with van der Waals surface area (Å²) >= 11 is 18.8. The van der Waals surface area contributed by atoms with Crippen molar-refractivity contribution in [2.24, 2.45) is 0 Å². The van der Waals surface area contributed by atoms with Crippen LogP contribution in [-0.4, -0.2) is 4.66 Å². The smallest absolute Gasteiger partial charge is 0.236 e. The summed E-state index contributed by atoms with van der Waals surface area (Å²) in [5, 5.41) is 0. The third-order valence-corrected chi connectivity index (χ3v) is 1.20. The highest BCUT2D eigenvalue weighted by Gasteiger charge is 2.30. The minimum atomic E-state index is -0.719. The van der Waals surface area contributed by atoms with Gasteiger partial charge in [0.1, 0.15) is 0 Å². The second-order valence-electron chi connectivity index (χ2n) is 0.994. The molecule has 0 atom stereocenters. The van der Waals surface area contributed by atoms with E-state index >= 15 is 0 Å². The van der Waals surface area contributed by atoms with E-state index in [4.69, 9.17) is 4.74 Å². The Hall–Kier alpha value is 2.84. The fourth-order valence-corrected chi connectivity index (χ4v) is 3.54. The molecule has 0 aromatic carbocycles. The fourth-order valence-electron chi connectivity index (χ4n) is 0.131. The van der Waals surface area contributed by atoms with Crippen molar-refractivity contribution in [3.8, 4) is 0 Å². The van der Waals surface area contributed by atoms with Crippen molar-refractivity contribution < 1.29 is 4.74 Å². The van der Waals surface area contributed by atoms with Crippen LogP contribution >= 0.6 is 95.6 Å². The van der Waals surface area contributed by atoms with Crippen LogP contribution < -0.4 is 0 Å². The molecule has 0 aliphatic heterocycles. The molecule has 0 fully saturated rings. The molecule has 0 saturated heterocycles. The summed E-state index contributed by atoms with van der Waals surface area (Å²) in [6.45, 7) is 0. The number of alkyl halides is 6. The molecule has 0 aromatic heterocycles. The summed E-state index contributed by atoms with van der Waals surface area (Å²) in [6, 6.07) is 0. The Morgan fingerprint density at radius 2 is 0.889 bits per heavy atom. The van der Waals surface area contributed by atoms with Gasteiger partial charge in [-0.05, 0) is 95.6 Å². The lowest BCUT2D eigenvalue weighted by Crippen LogP contribution is -2.16. The van der Waals surface area contributed by atoms with Gasteiger partial charge < -0.3 is 4.74 Å². The van der Waals surface area contributed by atoms with Gasteiger partial charge in [-0.3, -0.25) is 0 Å². The Kier molecular flexibility index (Phi) is 5.50. The highest BCUT2D eigenvalue weighted by atomic mass is 80.0. The predicted molar refractivity (Wildman–Crippen MR) is 60.1 cm³/mol. The van der Waals surface area contributed by atoms with Gasteiger partial charge in [0, 0.05) is 0 Å². The van der Waals surface area contributed by atoms with Crippen LogP contribution in [0.1, 0.15) is 0 Å². The topological polar surface area (TPSA) is 9.23 Å². The van der Waals surface area contributed by atoms with Crippen molar-refractivity contribution in [3.63, 3.8) is 0 Å². The van der Waals surface area contributed by atoms with Gasteiger partial charge in [0.15, 0.2) is 0 Å². The van der Waals surface area contributed by atoms with Crippen LogP contribution in [0.2, 0.25) is 0 Å². The molecule has 0 bridgehead atoms. The fraction of sp³-hybridized carbons (Fsp3) is 1.00. The van der Waals surface area contributed by atoms with Crippen molar-refractivity contribution in [2.45, 2.75) is 4.66 Å². The van der Waals surface area contributed by atoms with Crippen molar-refractivity contribution >= 4 is 95.6 Å². The minimum Gasteiger partial charge on any atom is -0.306 e. The van der Waals surface area contributed by atoms with Crippen molar-refractivity contribution in [2.75, 3.05) is 0 Å². The summed E-state index contributed by atoms with van der Waals surface area (Å²) in [5.74, 6) is 0. The lowest BCUT2D eigenvalue weighted by atomic mass is 11.5. The summed E-state index contributed by atoms with van der Waals surface area (Å²) in [4.78, 5) is 0. The van der Waals surface area contributed by atoms with Crippen molar-refractivity contribution in [3.05, 3.63) is 0 Å². The van der Waals surface area contributed by atoms with E-state index in [2.05, 4.69) is 95.6 Å². The summed E-state index contributed by atoms with van der Waals surface area (Å²) in [5.41, 5.74) is 0. The van der Waals surface area contributed by atoms with Gasteiger partial charge in [-0.15, -0.1) is 0 Å². The van der Waals surface area contributed by atoms with E-state index in [0.29, 0.717) is 0 Å². The summed E-state index contributed by atoms with van der Waals surface area (Å²) < 4.78 is 3.69. The molecule has 0 saturated carbocycles. The highest BCUT2D eigenvalue weighted by molar-refractivity contribution is 9.40. The van der Waals surface area contributed by atoms with Gasteiger partial charge in [-0.1, -0.05) is 0 Å². The number of halogens is 6. The molecule has 0 radical (unpaired) electrons. The van der Waals surface area contributed by atoms with Crippen LogP contribution in [0, 0.1) is 0 Å². The van der Waals surface area contributed by atoms with Gasteiger partial charge in [0.05, 0.1) is 0 Å². The first kappa shape index (κ1) is 11.8. The van der Waals surface area contributed by atoms with E-state index in [1.807, 2.05) is 0 Å². The summed E-state index contributed by atoms with van der Waals surface area (Å²) in [7, 11) is 0. The second-order valence-corrected chi connectivity index (χ2v) is 14.1. The van der Waals surface area contributed by atoms with Crippen LogP contribution in [-0.2, 0) is 4.74 Å². The van der Waals surface area contributed by atoms with Gasteiger partial charge in [0.2, 0.25) is 4.66 Å². The van der Waals surface area contributed by atoms with E-state index in [1.54, 1.807) is 0 Å². The van der Waals surface area contributed by atoms with E-state index < -0.39 is 4.66 Å². The molecule has 0 aliphatic carbocycles. The molecule has 0 spiro atoms. The molecule has 7 heteroatoms. The maximum atomic E-state index is 5.12. The number of hydrogen-bond donors (Lipinski definition) is 0. The SMILES string of the molecule is BrC(Br)(Br)OC(Br)(Br)Br. The molecule has 0 aromatic rings. The van der Waals surface area contributed by atoms with Gasteiger partial charge >= 0.3 is 0 Å². The van der Waals surface area contributed by atoms with E-state index in [1.165, 1.54) is 0 Å². The average Bonchev–Trinajstić information content (AvgIpc) is 1.14. The first-order chi connectivity index (χ1) is 3.71. The molecular formula is C2Br6O. The molecule has 0 rings (SSSR count). The molecule has 56 valence electrons. The van der Waals surface area contributed by atoms with Crippen LogP contribution in [0.5, 0.6) is 0 Å². The first-order valence-electron chi connectivity index (χ1n) is 1.54. The number of rotatable bonds is 0. The normalized spacial score (nSPS) is 14.0. The van der Waals surface area contributed by atoms with Gasteiger partial charge in [-0.2, -0.15) is 0 Å². The molecule has 0 N–H and O–H groups in total. The van der Waals surface area contributed by atoms with Gasteiger partial charge in [-0.25, -0.2) is 0 Å². The van der Waals surface area contributed by atoms with Crippen molar-refractivity contribution in [1.29, 1.82) is 0 Å². The molecule has 0 amide bonds. The van der Waals surface area contributed by atoms with Crippen LogP contribution in [0.25, 0.3) is 0 Å². The molecule has 0 heterocycles. The largest absolute Gasteiger partial charge is 0.306 e. The molecular weight excluding hydrogens is 519 g/mol. The molecule has 0 unspecified atom stereocenters. The summed E-state index contributed by atoms with van der Waals surface area (Å²) in [6.07, 6.45) is 0. The Bertz CT molecular complexity index is 76.2. The quantitative estimate of drug-likeness (QED) is 0.426. The Morgan fingerprint density at radius 3 is 0.889 bits per heavy atom. The molecule has 0 aliphatic rings. The lowest BCUT2D eigenvalue weighted by molar-refractivity contribution is 0.180. The maximum Gasteiger partial charge on any atom is 0.236 e. The highest BCUT2D eigenvalue weighted by Crippen LogP contribution is 2.46. The number of hydrogen-bond acceptors (Lipinski definition) is 1. The van der Waals surface area contributed by atoms with Crippen LogP contribution in [0.4, 0.5) is 0 Å². The predicted octanol–water partition coefficient (Wildman–Crippen LogP) is 4.60. The zero-order valence-electron chi connectivity index (χ0n) is 3.68. The Labute approximate surface area is 103 Å². The van der Waals surface area contributed by atoms with Crippen molar-refractivity contribution in [1.82, 2.24) is 0 Å². The zero-order chi connectivity index (χ0) is 7.71. The van der Waals surface area contributed by atoms with Gasteiger partial charge in [0.25, 0.3) is 0 Å². The van der Waals surface area contributed by atoms with E-state index in [0.717, 1.165) is 0 Å². The second kappa shape index (κ2) is 4.18. The molecule has 9 heavy (non-hydrogen) atoms. The Morgan fingerprint density at radius 1 is 0.667 bits per heavy atom. The van der Waals surface area contributed by atoms with Crippen LogP contribution in [0.15, 0.2) is 0 Å². The minimum absolute atomic E-state index is 0.719. The third-order valence-electron chi connectivity index (χ3n) is 0.231. The third kappa shape index (κ3) is 10.8. The van der Waals surface area contributed by atoms with Crippen LogP contribution in [0.3, 0.4) is 0 Å².